The number of aromatic amines is 1. The number of rotatable bonds is 2. The summed E-state index contributed by atoms with van der Waals surface area (Å²) in [6.07, 6.45) is 0.690. The second-order valence-corrected chi connectivity index (χ2v) is 8.87. The van der Waals surface area contributed by atoms with E-state index in [0.29, 0.717) is 23.7 Å². The second kappa shape index (κ2) is 8.15. The van der Waals surface area contributed by atoms with Crippen LogP contribution in [0.15, 0.2) is 60.7 Å². The molecule has 162 valence electrons. The first-order valence-corrected chi connectivity index (χ1v) is 11.1. The highest BCUT2D eigenvalue weighted by molar-refractivity contribution is 6.31. The number of carbonyl (C=O) groups is 1. The summed E-state index contributed by atoms with van der Waals surface area (Å²) >= 11 is 12.1. The second-order valence-electron chi connectivity index (χ2n) is 8.02. The predicted molar refractivity (Wildman–Crippen MR) is 127 cm³/mol. The molecular weight excluding hydrogens is 448 g/mol. The fraction of sp³-hybridized carbons (Fsp3) is 0.160. The van der Waals surface area contributed by atoms with Crippen LogP contribution in [-0.2, 0) is 6.42 Å². The van der Waals surface area contributed by atoms with E-state index in [1.807, 2.05) is 49.4 Å². The average molecular weight is 468 g/mol. The normalized spacial score (nSPS) is 15.6. The molecule has 0 spiro atoms. The summed E-state index contributed by atoms with van der Waals surface area (Å²) < 4.78 is 13.5. The van der Waals surface area contributed by atoms with Gasteiger partial charge in [0.15, 0.2) is 0 Å². The van der Waals surface area contributed by atoms with Crippen LogP contribution >= 0.6 is 23.2 Å². The molecule has 0 radical (unpaired) electrons. The van der Waals surface area contributed by atoms with Crippen LogP contribution in [0.25, 0.3) is 10.9 Å². The summed E-state index contributed by atoms with van der Waals surface area (Å²) in [5, 5.41) is 4.59. The number of hydrogen-bond acceptors (Lipinski definition) is 1. The molecular formula is C25H20Cl2FN3O. The highest BCUT2D eigenvalue weighted by Gasteiger charge is 2.34. The van der Waals surface area contributed by atoms with Gasteiger partial charge in [-0.15, -0.1) is 0 Å². The van der Waals surface area contributed by atoms with Crippen molar-refractivity contribution >= 4 is 45.8 Å². The van der Waals surface area contributed by atoms with Gasteiger partial charge < -0.3 is 15.2 Å². The molecule has 0 saturated carbocycles. The van der Waals surface area contributed by atoms with E-state index >= 15 is 0 Å². The van der Waals surface area contributed by atoms with Crippen molar-refractivity contribution in [3.63, 3.8) is 0 Å². The Kier molecular flexibility index (Phi) is 5.31. The van der Waals surface area contributed by atoms with Crippen LogP contribution in [0.3, 0.4) is 0 Å². The van der Waals surface area contributed by atoms with Crippen molar-refractivity contribution in [2.24, 2.45) is 0 Å². The zero-order valence-corrected chi connectivity index (χ0v) is 18.8. The lowest BCUT2D eigenvalue weighted by atomic mass is 9.92. The molecule has 2 N–H and O–H groups in total. The van der Waals surface area contributed by atoms with E-state index in [1.165, 1.54) is 23.8 Å². The lowest BCUT2D eigenvalue weighted by molar-refractivity contribution is 0.193. The summed E-state index contributed by atoms with van der Waals surface area (Å²) in [6.45, 7) is 2.55. The lowest BCUT2D eigenvalue weighted by Gasteiger charge is -2.36. The topological polar surface area (TPSA) is 48.1 Å². The number of nitrogens with zero attached hydrogens (tertiary/aromatic N) is 1. The molecule has 0 fully saturated rings. The van der Waals surface area contributed by atoms with E-state index in [9.17, 15) is 9.18 Å². The largest absolute Gasteiger partial charge is 0.356 e. The van der Waals surface area contributed by atoms with Crippen molar-refractivity contribution in [1.82, 2.24) is 9.88 Å². The van der Waals surface area contributed by atoms with Crippen LogP contribution in [0.2, 0.25) is 10.0 Å². The zero-order chi connectivity index (χ0) is 22.4. The van der Waals surface area contributed by atoms with Gasteiger partial charge in [0.05, 0.1) is 11.1 Å². The van der Waals surface area contributed by atoms with Gasteiger partial charge in [0.25, 0.3) is 0 Å². The Morgan fingerprint density at radius 1 is 1.09 bits per heavy atom. The maximum Gasteiger partial charge on any atom is 0.322 e. The smallest absolute Gasteiger partial charge is 0.322 e. The molecule has 1 atom stereocenters. The van der Waals surface area contributed by atoms with Gasteiger partial charge in [-0.05, 0) is 60.9 Å². The highest BCUT2D eigenvalue weighted by atomic mass is 35.5. The number of nitrogens with one attached hydrogen (secondary N) is 2. The third-order valence-electron chi connectivity index (χ3n) is 5.91. The zero-order valence-electron chi connectivity index (χ0n) is 17.3. The average Bonchev–Trinajstić information content (AvgIpc) is 3.14. The highest BCUT2D eigenvalue weighted by Crippen LogP contribution is 2.39. The number of anilines is 1. The quantitative estimate of drug-likeness (QED) is 0.324. The van der Waals surface area contributed by atoms with Crippen LogP contribution in [0.1, 0.15) is 28.4 Å². The van der Waals surface area contributed by atoms with Gasteiger partial charge in [-0.3, -0.25) is 0 Å². The fourth-order valence-corrected chi connectivity index (χ4v) is 4.70. The van der Waals surface area contributed by atoms with Gasteiger partial charge in [0.2, 0.25) is 0 Å². The first-order valence-electron chi connectivity index (χ1n) is 10.3. The monoisotopic (exact) mass is 467 g/mol. The lowest BCUT2D eigenvalue weighted by Crippen LogP contribution is -2.43. The number of fused-ring (bicyclic) bond motifs is 3. The van der Waals surface area contributed by atoms with Crippen molar-refractivity contribution in [1.29, 1.82) is 0 Å². The van der Waals surface area contributed by atoms with Crippen molar-refractivity contribution < 1.29 is 9.18 Å². The third-order valence-corrected chi connectivity index (χ3v) is 6.44. The Labute approximate surface area is 194 Å². The van der Waals surface area contributed by atoms with Crippen molar-refractivity contribution in [2.75, 3.05) is 11.9 Å². The van der Waals surface area contributed by atoms with E-state index in [1.54, 1.807) is 4.90 Å². The number of amides is 2. The Morgan fingerprint density at radius 2 is 1.88 bits per heavy atom. The Bertz CT molecular complexity index is 1330. The van der Waals surface area contributed by atoms with Crippen molar-refractivity contribution in [3.8, 4) is 0 Å². The molecule has 4 nitrogen and oxygen atoms in total. The summed E-state index contributed by atoms with van der Waals surface area (Å²) in [5.41, 5.74) is 5.72. The van der Waals surface area contributed by atoms with E-state index in [2.05, 4.69) is 10.3 Å². The minimum atomic E-state index is -0.526. The van der Waals surface area contributed by atoms with Crippen LogP contribution < -0.4 is 5.32 Å². The van der Waals surface area contributed by atoms with Crippen LogP contribution in [0, 0.1) is 12.7 Å². The number of hydrogen-bond donors (Lipinski definition) is 2. The molecule has 0 saturated heterocycles. The van der Waals surface area contributed by atoms with E-state index < -0.39 is 5.82 Å². The number of aromatic nitrogens is 1. The summed E-state index contributed by atoms with van der Waals surface area (Å²) in [4.78, 5) is 18.7. The molecule has 1 aliphatic rings. The van der Waals surface area contributed by atoms with Gasteiger partial charge in [-0.1, -0.05) is 53.0 Å². The molecule has 0 bridgehead atoms. The summed E-state index contributed by atoms with van der Waals surface area (Å²) in [5.74, 6) is -0.526. The number of H-pyrrole nitrogens is 1. The fourth-order valence-electron chi connectivity index (χ4n) is 4.34. The third kappa shape index (κ3) is 3.72. The van der Waals surface area contributed by atoms with E-state index in [0.717, 1.165) is 27.7 Å². The number of halogens is 3. The first-order chi connectivity index (χ1) is 15.4. The molecule has 3 aromatic carbocycles. The molecule has 4 aromatic rings. The molecule has 7 heteroatoms. The molecule has 1 unspecified atom stereocenters. The summed E-state index contributed by atoms with van der Waals surface area (Å²) in [6, 6.07) is 17.5. The molecule has 5 rings (SSSR count). The van der Waals surface area contributed by atoms with Crippen LogP contribution in [0.4, 0.5) is 14.9 Å². The number of aryl methyl sites for hydroxylation is 1. The molecule has 0 aliphatic carbocycles. The number of carbonyl (C=O) groups excluding carboxylic acids is 1. The number of urea groups is 1. The molecule has 2 heterocycles. The maximum absolute atomic E-state index is 13.5. The molecule has 2 amide bonds. The SMILES string of the molecule is Cc1ccc(C2c3[nH]c4ccc(Cl)cc4c3CCN2C(=O)Nc2ccc(F)c(Cl)c2)cc1. The van der Waals surface area contributed by atoms with Gasteiger partial charge in [0.1, 0.15) is 5.82 Å². The Morgan fingerprint density at radius 3 is 2.62 bits per heavy atom. The first kappa shape index (κ1) is 20.9. The minimum Gasteiger partial charge on any atom is -0.356 e. The Hall–Kier alpha value is -3.02. The minimum absolute atomic E-state index is 0.0358. The maximum atomic E-state index is 13.5. The van der Waals surface area contributed by atoms with E-state index in [4.69, 9.17) is 23.2 Å². The summed E-state index contributed by atoms with van der Waals surface area (Å²) in [7, 11) is 0. The molecule has 1 aromatic heterocycles. The standard InChI is InChI=1S/C25H20Cl2FN3O/c1-14-2-4-15(5-3-14)24-23-18(19-12-16(26)6-9-22(19)30-23)10-11-31(24)25(32)29-17-7-8-21(28)20(27)13-17/h2-9,12-13,24,30H,10-11H2,1H3,(H,29,32). The molecule has 1 aliphatic heterocycles. The predicted octanol–water partition coefficient (Wildman–Crippen LogP) is 7.10. The van der Waals surface area contributed by atoms with Crippen LogP contribution in [-0.4, -0.2) is 22.5 Å². The number of benzene rings is 3. The Balaban J connectivity index is 1.57. The van der Waals surface area contributed by atoms with Gasteiger partial charge in [-0.2, -0.15) is 0 Å². The van der Waals surface area contributed by atoms with E-state index in [-0.39, 0.29) is 17.1 Å². The van der Waals surface area contributed by atoms with Crippen LogP contribution in [0.5, 0.6) is 0 Å². The molecule has 32 heavy (non-hydrogen) atoms. The van der Waals surface area contributed by atoms with Crippen molar-refractivity contribution in [2.45, 2.75) is 19.4 Å². The van der Waals surface area contributed by atoms with Crippen molar-refractivity contribution in [3.05, 3.63) is 98.9 Å². The van der Waals surface area contributed by atoms with Gasteiger partial charge in [-0.25, -0.2) is 9.18 Å². The van der Waals surface area contributed by atoms with Gasteiger partial charge in [0, 0.05) is 33.9 Å². The van der Waals surface area contributed by atoms with Gasteiger partial charge >= 0.3 is 6.03 Å².